The van der Waals surface area contributed by atoms with Crippen LogP contribution in [0.1, 0.15) is 27.8 Å². The van der Waals surface area contributed by atoms with E-state index in [2.05, 4.69) is 81.1 Å². The van der Waals surface area contributed by atoms with Gasteiger partial charge < -0.3 is 10.6 Å². The van der Waals surface area contributed by atoms with Crippen molar-refractivity contribution in [2.45, 2.75) is 32.7 Å². The van der Waals surface area contributed by atoms with Gasteiger partial charge in [-0.2, -0.15) is 0 Å². The van der Waals surface area contributed by atoms with E-state index >= 15 is 0 Å². The molecule has 17 nitrogen and oxygen atoms in total. The predicted octanol–water partition coefficient (Wildman–Crippen LogP) is 5.17. The number of rotatable bonds is 11. The van der Waals surface area contributed by atoms with E-state index in [4.69, 9.17) is 5.31 Å². The topological polar surface area (TPSA) is 204 Å². The fourth-order valence-electron chi connectivity index (χ4n) is 15.3. The zero-order valence-electron chi connectivity index (χ0n) is 47.4. The molecule has 3 N–H and O–H groups in total. The first-order valence-corrected chi connectivity index (χ1v) is 29.8. The van der Waals surface area contributed by atoms with Crippen LogP contribution in [-0.2, 0) is 71.1 Å². The molecule has 0 aromatic heterocycles. The fraction of sp³-hybridized carbons (Fsp3) is 0.373. The second-order valence-electron chi connectivity index (χ2n) is 24.2. The molecule has 0 atom stereocenters. The number of carbonyl (C=O) groups is 8. The van der Waals surface area contributed by atoms with Gasteiger partial charge >= 0.3 is 50.9 Å². The molecular weight excluding hydrogens is 1070 g/mol. The normalized spacial score (nSPS) is 29.6. The summed E-state index contributed by atoms with van der Waals surface area (Å²) in [4.78, 5) is 105. The van der Waals surface area contributed by atoms with E-state index in [-0.39, 0.29) is 48.5 Å². The van der Waals surface area contributed by atoms with Crippen LogP contribution in [0.2, 0.25) is 0 Å². The van der Waals surface area contributed by atoms with Crippen molar-refractivity contribution in [1.82, 2.24) is 39.9 Å². The third-order valence-electron chi connectivity index (χ3n) is 19.5. The largest absolute Gasteiger partial charge is 0.298 e. The number of fused-ring (bicyclic) bond motifs is 12. The minimum absolute atomic E-state index is 0.182. The third kappa shape index (κ3) is 11.7. The summed E-state index contributed by atoms with van der Waals surface area (Å²) in [6, 6.07) is 49.9. The van der Waals surface area contributed by atoms with Crippen molar-refractivity contribution in [2.75, 3.05) is 52.4 Å². The first kappa shape index (κ1) is 57.3. The molecule has 0 spiro atoms. The van der Waals surface area contributed by atoms with Gasteiger partial charge in [0.1, 0.15) is 0 Å². The summed E-state index contributed by atoms with van der Waals surface area (Å²) in [5, 5.41) is 13.6. The molecule has 85 heavy (non-hydrogen) atoms. The monoisotopic (exact) mass is 1140 g/mol. The van der Waals surface area contributed by atoms with Gasteiger partial charge in [0.15, 0.2) is 0 Å². The Hall–Kier alpha value is -8.16. The van der Waals surface area contributed by atoms with Gasteiger partial charge in [0.2, 0.25) is 23.6 Å². The van der Waals surface area contributed by atoms with Gasteiger partial charge in [0.25, 0.3) is 11.8 Å². The molecule has 0 radical (unpaired) electrons. The van der Waals surface area contributed by atoms with E-state index in [1.54, 1.807) is 0 Å². The van der Waals surface area contributed by atoms with E-state index < -0.39 is 35.5 Å². The Kier molecular flexibility index (Phi) is 17.0. The summed E-state index contributed by atoms with van der Waals surface area (Å²) in [7, 11) is 0.699. The second-order valence-corrected chi connectivity index (χ2v) is 24.2. The summed E-state index contributed by atoms with van der Waals surface area (Å²) in [5.74, 6) is 2.52. The van der Waals surface area contributed by atoms with Crippen LogP contribution in [0.3, 0.4) is 0 Å². The van der Waals surface area contributed by atoms with Crippen LogP contribution in [0.15, 0.2) is 176 Å². The van der Waals surface area contributed by atoms with Gasteiger partial charge in [-0.25, -0.2) is 0 Å². The molecule has 434 valence electrons. The summed E-state index contributed by atoms with van der Waals surface area (Å²) < 4.78 is 0. The van der Waals surface area contributed by atoms with Crippen molar-refractivity contribution >= 4 is 54.5 Å². The Bertz CT molecular complexity index is 3100. The number of nitrogens with zero attached hydrogens (tertiary/aromatic N) is 6. The molecule has 8 heterocycles. The molecule has 8 aliphatic heterocycles. The first-order valence-electron chi connectivity index (χ1n) is 29.8. The maximum Gasteiger partial charge on any atom is 0.253 e. The molecule has 3 saturated carbocycles. The first-order chi connectivity index (χ1) is 41.4. The number of hydrogen-bond donors (Lipinski definition) is 3. The molecule has 3 aliphatic carbocycles. The van der Waals surface area contributed by atoms with Crippen molar-refractivity contribution in [1.29, 1.82) is 5.31 Å². The van der Waals surface area contributed by atoms with Gasteiger partial charge in [-0.05, 0) is 101 Å². The van der Waals surface area contributed by atoms with E-state index in [0.717, 1.165) is 94.1 Å². The Balaban J connectivity index is 0.000000112. The quantitative estimate of drug-likeness (QED) is 0.116. The molecule has 11 aliphatic rings. The number of likely N-dealkylation sites (tertiary alicyclic amines) is 4. The van der Waals surface area contributed by atoms with Crippen LogP contribution in [-0.4, -0.2) is 136 Å². The number of benzene rings is 5. The van der Waals surface area contributed by atoms with Crippen LogP contribution >= 0.6 is 0 Å². The standard InChI is InChI=1S/C22H18N2O4.C22H26N2.C11H9NO2.C8H14N2.C4H3BN2O2/c25-19-15-16(20(26)23(19)11-13-7-3-1-4-8-13)18-17(15)21(27)24(22(18)28)12-14-9-5-2-6-10-14;1-3-7-17(8-4-1)11-23-13-19-20(14-23)22-16-24(15-21(19)22)12-18-9-5-2-6-10-18;13-10-6-7-11(14)12(10)8-9-4-2-1-3-5-9;1-5-6(2-9-1)8-4-10-3-7(5)8;6-5-7-3(8)1-2-4(7)9/h1-10,15-18H,11-12H2;1-10,19-22H,11-16H2;1-7H,8H2;5-10H,1-4H2;1-2,6H. The van der Waals surface area contributed by atoms with Gasteiger partial charge in [-0.3, -0.25) is 53.3 Å². The zero-order chi connectivity index (χ0) is 58.7. The summed E-state index contributed by atoms with van der Waals surface area (Å²) in [6.45, 7) is 13.5. The predicted molar refractivity (Wildman–Crippen MR) is 316 cm³/mol. The van der Waals surface area contributed by atoms with Crippen LogP contribution in [0.4, 0.5) is 0 Å². The Labute approximate surface area is 495 Å². The smallest absolute Gasteiger partial charge is 0.253 e. The zero-order valence-corrected chi connectivity index (χ0v) is 47.4. The van der Waals surface area contributed by atoms with Crippen molar-refractivity contribution in [2.24, 2.45) is 71.0 Å². The molecule has 9 fully saturated rings. The van der Waals surface area contributed by atoms with E-state index in [1.807, 2.05) is 91.0 Å². The average Bonchev–Trinajstić information content (AvgIpc) is 1.56. The van der Waals surface area contributed by atoms with Gasteiger partial charge in [-0.1, -0.05) is 152 Å². The summed E-state index contributed by atoms with van der Waals surface area (Å²) in [5.41, 5.74) is 5.58. The third-order valence-corrected chi connectivity index (χ3v) is 19.5. The minimum Gasteiger partial charge on any atom is -0.298 e. The van der Waals surface area contributed by atoms with Crippen LogP contribution in [0, 0.1) is 76.3 Å². The van der Waals surface area contributed by atoms with Crippen molar-refractivity contribution < 1.29 is 38.4 Å². The van der Waals surface area contributed by atoms with Gasteiger partial charge in [0, 0.05) is 51.4 Å². The number of amides is 8. The molecule has 5 aromatic rings. The second kappa shape index (κ2) is 25.2. The summed E-state index contributed by atoms with van der Waals surface area (Å²) in [6.07, 6.45) is 4.86. The SMILES string of the molecule is C1NCC2C1C1CNCC21.N=BN1C(=O)C=CC1=O.O=C1C2C(C(=O)N1Cc1ccccc1)C1C(=O)N(Cc3ccccc3)C(=O)C21.O=C1C=CC(=O)N1Cc1ccccc1.c1ccc(CN2CC3C(C2)C2CN(Cc4ccccc4)CC32)cc1. The Morgan fingerprint density at radius 1 is 0.329 bits per heavy atom. The Morgan fingerprint density at radius 3 is 0.835 bits per heavy atom. The molecule has 16 rings (SSSR count). The maximum absolute atomic E-state index is 12.9. The molecular formula is C67H70BN9O8. The number of nitrogens with one attached hydrogen (secondary N) is 3. The minimum atomic E-state index is -0.696. The number of imide groups is 4. The van der Waals surface area contributed by atoms with E-state index in [9.17, 15) is 38.4 Å². The van der Waals surface area contributed by atoms with E-state index in [0.29, 0.717) is 13.8 Å². The summed E-state index contributed by atoms with van der Waals surface area (Å²) >= 11 is 0. The Morgan fingerprint density at radius 2 is 0.576 bits per heavy atom. The average molecular weight is 1140 g/mol. The van der Waals surface area contributed by atoms with E-state index in [1.165, 1.54) is 90.3 Å². The molecule has 0 unspecified atom stereocenters. The molecule has 6 saturated heterocycles. The molecule has 8 amide bonds. The fourth-order valence-corrected chi connectivity index (χ4v) is 15.3. The molecule has 18 heteroatoms. The van der Waals surface area contributed by atoms with Gasteiger partial charge in [-0.15, -0.1) is 0 Å². The van der Waals surface area contributed by atoms with Crippen molar-refractivity contribution in [3.63, 3.8) is 0 Å². The van der Waals surface area contributed by atoms with Crippen LogP contribution < -0.4 is 10.6 Å². The van der Waals surface area contributed by atoms with Gasteiger partial charge in [0.05, 0.1) is 43.3 Å². The van der Waals surface area contributed by atoms with Crippen LogP contribution in [0.25, 0.3) is 0 Å². The number of carbonyl (C=O) groups excluding carboxylic acids is 8. The van der Waals surface area contributed by atoms with Crippen molar-refractivity contribution in [3.8, 4) is 0 Å². The number of hydrogen-bond acceptors (Lipinski definition) is 13. The van der Waals surface area contributed by atoms with Crippen molar-refractivity contribution in [3.05, 3.63) is 204 Å². The maximum atomic E-state index is 12.9. The molecule has 0 bridgehead atoms. The van der Waals surface area contributed by atoms with Crippen LogP contribution in [0.5, 0.6) is 0 Å². The molecule has 5 aromatic carbocycles.